The Bertz CT molecular complexity index is 2220. The van der Waals surface area contributed by atoms with E-state index in [1.165, 1.54) is 32.0 Å². The number of benzene rings is 4. The average molecular weight is 1080 g/mol. The molecule has 2 N–H and O–H groups in total. The Morgan fingerprint density at radius 1 is 0.530 bits per heavy atom. The molecule has 6 aromatic rings. The lowest BCUT2D eigenvalue weighted by atomic mass is 10.1. The molecule has 0 spiro atoms. The van der Waals surface area contributed by atoms with Gasteiger partial charge in [-0.3, -0.25) is 0 Å². The zero-order valence-corrected chi connectivity index (χ0v) is 44.0. The van der Waals surface area contributed by atoms with Crippen LogP contribution in [0.1, 0.15) is 75.6 Å². The normalized spacial score (nSPS) is 11.4. The van der Waals surface area contributed by atoms with E-state index >= 15 is 0 Å². The Kier molecular flexibility index (Phi) is 22.0. The molecule has 0 radical (unpaired) electrons. The van der Waals surface area contributed by atoms with Crippen LogP contribution in [0.4, 0.5) is 0 Å². The predicted octanol–water partition coefficient (Wildman–Crippen LogP) is 14.6. The summed E-state index contributed by atoms with van der Waals surface area (Å²) >= 11 is 10.7. The quantitative estimate of drug-likeness (QED) is 0.0338. The fraction of sp³-hybridized carbons (Fsp3) is 0.385. The molecule has 2 aromatic heterocycles. The molecular formula is C52H62Br2N2O7PS2+. The van der Waals surface area contributed by atoms with E-state index in [-0.39, 0.29) is 12.2 Å². The highest BCUT2D eigenvalue weighted by Crippen LogP contribution is 2.36. The Balaban J connectivity index is 0.831. The van der Waals surface area contributed by atoms with E-state index in [0.717, 1.165) is 81.8 Å². The van der Waals surface area contributed by atoms with Gasteiger partial charge in [0, 0.05) is 38.5 Å². The summed E-state index contributed by atoms with van der Waals surface area (Å²) in [5.41, 5.74) is 7.03. The lowest BCUT2D eigenvalue weighted by Crippen LogP contribution is -2.16. The number of rotatable bonds is 30. The molecule has 0 unspecified atom stereocenters. The molecule has 0 aliphatic carbocycles. The fourth-order valence-electron chi connectivity index (χ4n) is 7.07. The van der Waals surface area contributed by atoms with Crippen LogP contribution in [-0.4, -0.2) is 51.7 Å². The van der Waals surface area contributed by atoms with E-state index in [0.29, 0.717) is 52.4 Å². The topological polar surface area (TPSA) is 96.5 Å². The monoisotopic (exact) mass is 1080 g/mol. The van der Waals surface area contributed by atoms with E-state index in [1.807, 2.05) is 39.8 Å². The number of hydrogen-bond acceptors (Lipinski definition) is 11. The maximum atomic E-state index is 12.4. The predicted molar refractivity (Wildman–Crippen MR) is 279 cm³/mol. The molecule has 352 valence electrons. The number of nitrogens with one attached hydrogen (secondary N) is 2. The largest absolute Gasteiger partial charge is 0.697 e. The van der Waals surface area contributed by atoms with Gasteiger partial charge in [0.05, 0.1) is 34.4 Å². The SMILES string of the molecule is CC(C)Oc1ccc(CCCOc2ccc(CNCCCO[P+](=O)OCCCNCc3ccc(OCCCc4ccc(OC(C)C)c(Br)c4)c(-c4cccs4)c3)cc2-c2cccs2)cc1Br. The maximum absolute atomic E-state index is 12.4. The first kappa shape index (κ1) is 51.8. The molecule has 0 amide bonds. The van der Waals surface area contributed by atoms with Crippen molar-refractivity contribution in [3.8, 4) is 43.9 Å². The minimum atomic E-state index is -2.17. The Hall–Kier alpha value is -3.62. The molecule has 2 heterocycles. The lowest BCUT2D eigenvalue weighted by Gasteiger charge is -2.14. The zero-order chi connectivity index (χ0) is 46.5. The van der Waals surface area contributed by atoms with Gasteiger partial charge in [-0.25, -0.2) is 0 Å². The summed E-state index contributed by atoms with van der Waals surface area (Å²) in [6.45, 7) is 12.9. The summed E-state index contributed by atoms with van der Waals surface area (Å²) in [6, 6.07) is 33.7. The van der Waals surface area contributed by atoms with E-state index in [4.69, 9.17) is 28.0 Å². The fourth-order valence-corrected chi connectivity index (χ4v) is 10.2. The highest BCUT2D eigenvalue weighted by atomic mass is 79.9. The molecule has 0 aliphatic heterocycles. The third-order valence-corrected chi connectivity index (χ3v) is 14.0. The first-order chi connectivity index (χ1) is 32.1. The van der Waals surface area contributed by atoms with Gasteiger partial charge in [0.25, 0.3) is 0 Å². The molecule has 0 bridgehead atoms. The molecule has 66 heavy (non-hydrogen) atoms. The van der Waals surface area contributed by atoms with Gasteiger partial charge in [-0.05, 0) is 205 Å². The van der Waals surface area contributed by atoms with Crippen molar-refractivity contribution in [3.05, 3.63) is 139 Å². The molecule has 0 aliphatic rings. The molecular weight excluding hydrogens is 1020 g/mol. The highest BCUT2D eigenvalue weighted by Gasteiger charge is 2.19. The van der Waals surface area contributed by atoms with Gasteiger partial charge < -0.3 is 29.6 Å². The van der Waals surface area contributed by atoms with Crippen molar-refractivity contribution in [3.63, 3.8) is 0 Å². The van der Waals surface area contributed by atoms with Gasteiger partial charge in [-0.2, -0.15) is 0 Å². The summed E-state index contributed by atoms with van der Waals surface area (Å²) in [7, 11) is -2.17. The van der Waals surface area contributed by atoms with Gasteiger partial charge in [0.2, 0.25) is 0 Å². The van der Waals surface area contributed by atoms with Gasteiger partial charge in [0.15, 0.2) is 0 Å². The average Bonchev–Trinajstić information content (AvgIpc) is 4.05. The van der Waals surface area contributed by atoms with Crippen LogP contribution in [0, 0.1) is 0 Å². The Labute approximate surface area is 417 Å². The Morgan fingerprint density at radius 2 is 0.955 bits per heavy atom. The third-order valence-electron chi connectivity index (χ3n) is 10.2. The van der Waals surface area contributed by atoms with E-state index in [1.54, 1.807) is 22.7 Å². The first-order valence-electron chi connectivity index (χ1n) is 22.7. The van der Waals surface area contributed by atoms with Gasteiger partial charge >= 0.3 is 8.25 Å². The second kappa shape index (κ2) is 28.0. The molecule has 0 saturated heterocycles. The van der Waals surface area contributed by atoms with Crippen LogP contribution in [0.5, 0.6) is 23.0 Å². The second-order valence-corrected chi connectivity index (χ2v) is 20.9. The number of thiophene rings is 2. The van der Waals surface area contributed by atoms with Crippen molar-refractivity contribution in [1.29, 1.82) is 0 Å². The summed E-state index contributed by atoms with van der Waals surface area (Å²) in [5.74, 6) is 3.51. The van der Waals surface area contributed by atoms with Crippen molar-refractivity contribution in [2.24, 2.45) is 0 Å². The maximum Gasteiger partial charge on any atom is 0.697 e. The Morgan fingerprint density at radius 3 is 1.35 bits per heavy atom. The molecule has 0 atom stereocenters. The number of halogens is 2. The number of hydrogen-bond donors (Lipinski definition) is 2. The van der Waals surface area contributed by atoms with Gasteiger partial charge in [-0.1, -0.05) is 36.4 Å². The van der Waals surface area contributed by atoms with Crippen molar-refractivity contribution in [2.75, 3.05) is 39.5 Å². The lowest BCUT2D eigenvalue weighted by molar-refractivity contribution is 0.220. The molecule has 4 aromatic carbocycles. The van der Waals surface area contributed by atoms with E-state index in [9.17, 15) is 4.57 Å². The van der Waals surface area contributed by atoms with Gasteiger partial charge in [-0.15, -0.1) is 31.7 Å². The molecule has 0 saturated carbocycles. The van der Waals surface area contributed by atoms with E-state index in [2.05, 4.69) is 138 Å². The summed E-state index contributed by atoms with van der Waals surface area (Å²) in [6.07, 6.45) is 5.32. The standard InChI is InChI=1S/C52H62Br2N2O7PS2/c1-37(2)62-49-21-15-39(33-45(49)53)11-5-25-58-47-19-17-41(31-43(47)51-13-7-29-65-51)35-55-23-9-27-60-64(57)61-28-10-24-56-36-42-18-20-48(44(32-42)52-14-8-30-66-52)59-26-6-12-40-16-22-50(46(54)34-40)63-38(3)4/h7-8,13-22,29-34,37-38,55-56H,5-6,9-12,23-28,35-36H2,1-4H3/q+1. The summed E-state index contributed by atoms with van der Waals surface area (Å²) in [5, 5.41) is 11.2. The third kappa shape index (κ3) is 17.5. The molecule has 9 nitrogen and oxygen atoms in total. The van der Waals surface area contributed by atoms with E-state index < -0.39 is 8.25 Å². The zero-order valence-electron chi connectivity index (χ0n) is 38.3. The molecule has 0 fully saturated rings. The number of aryl methyl sites for hydroxylation is 2. The van der Waals surface area contributed by atoms with Crippen molar-refractivity contribution in [2.45, 2.75) is 91.5 Å². The summed E-state index contributed by atoms with van der Waals surface area (Å²) < 4.78 is 49.6. The van der Waals surface area contributed by atoms with Crippen molar-refractivity contribution >= 4 is 62.8 Å². The van der Waals surface area contributed by atoms with Crippen LogP contribution in [0.3, 0.4) is 0 Å². The molecule has 14 heteroatoms. The summed E-state index contributed by atoms with van der Waals surface area (Å²) in [4.78, 5) is 2.35. The highest BCUT2D eigenvalue weighted by molar-refractivity contribution is 9.11. The minimum absolute atomic E-state index is 0.132. The first-order valence-corrected chi connectivity index (χ1v) is 27.2. The van der Waals surface area contributed by atoms with Crippen LogP contribution in [-0.2, 0) is 39.5 Å². The van der Waals surface area contributed by atoms with Crippen LogP contribution < -0.4 is 29.6 Å². The molecule has 6 rings (SSSR count). The van der Waals surface area contributed by atoms with Crippen molar-refractivity contribution in [1.82, 2.24) is 10.6 Å². The number of ether oxygens (including phenoxy) is 4. The minimum Gasteiger partial charge on any atom is -0.493 e. The van der Waals surface area contributed by atoms with Crippen molar-refractivity contribution < 1.29 is 32.6 Å². The van der Waals surface area contributed by atoms with Crippen LogP contribution in [0.25, 0.3) is 20.9 Å². The van der Waals surface area contributed by atoms with Crippen LogP contribution in [0.15, 0.2) is 117 Å². The van der Waals surface area contributed by atoms with Crippen LogP contribution in [0.2, 0.25) is 0 Å². The second-order valence-electron chi connectivity index (χ2n) is 16.3. The van der Waals surface area contributed by atoms with Crippen LogP contribution >= 0.6 is 62.8 Å². The smallest absolute Gasteiger partial charge is 0.493 e. The van der Waals surface area contributed by atoms with Gasteiger partial charge in [0.1, 0.15) is 36.2 Å².